The largest absolute Gasteiger partial charge is 0.391 e. The highest BCUT2D eigenvalue weighted by atomic mass is 16.3. The lowest BCUT2D eigenvalue weighted by molar-refractivity contribution is -0.136. The van der Waals surface area contributed by atoms with Gasteiger partial charge < -0.3 is 20.6 Å². The number of carbonyl (C=O) groups is 1. The Morgan fingerprint density at radius 2 is 2.22 bits per heavy atom. The van der Waals surface area contributed by atoms with Gasteiger partial charge in [-0.25, -0.2) is 0 Å². The zero-order chi connectivity index (χ0) is 13.7. The maximum absolute atomic E-state index is 12.3. The molecule has 0 bridgehead atoms. The fraction of sp³-hybridized carbons (Fsp3) is 0.923. The predicted octanol–water partition coefficient (Wildman–Crippen LogP) is -0.115. The first-order valence-corrected chi connectivity index (χ1v) is 6.79. The number of likely N-dealkylation sites (tertiary alicyclic amines) is 1. The third-order valence-corrected chi connectivity index (χ3v) is 3.51. The molecule has 1 saturated heterocycles. The van der Waals surface area contributed by atoms with Crippen LogP contribution in [0.15, 0.2) is 0 Å². The summed E-state index contributed by atoms with van der Waals surface area (Å²) in [5.74, 6) is 0.162. The summed E-state index contributed by atoms with van der Waals surface area (Å²) in [6, 6.07) is 0.142. The van der Waals surface area contributed by atoms with Crippen LogP contribution in [0.3, 0.4) is 0 Å². The molecule has 0 spiro atoms. The Labute approximate surface area is 110 Å². The number of amides is 1. The first kappa shape index (κ1) is 15.4. The van der Waals surface area contributed by atoms with Crippen LogP contribution in [0, 0.1) is 5.92 Å². The lowest BCUT2D eigenvalue weighted by Gasteiger charge is -2.29. The zero-order valence-corrected chi connectivity index (χ0v) is 11.8. The molecule has 1 aliphatic heterocycles. The SMILES string of the molecule is CC(CCCN)C(=O)N1CC(O)CC1CN(C)C. The summed E-state index contributed by atoms with van der Waals surface area (Å²) in [4.78, 5) is 16.3. The molecule has 18 heavy (non-hydrogen) atoms. The molecule has 5 heteroatoms. The van der Waals surface area contributed by atoms with Crippen LogP contribution in [0.25, 0.3) is 0 Å². The summed E-state index contributed by atoms with van der Waals surface area (Å²) >= 11 is 0. The van der Waals surface area contributed by atoms with Crippen LogP contribution >= 0.6 is 0 Å². The Balaban J connectivity index is 2.58. The lowest BCUT2D eigenvalue weighted by Crippen LogP contribution is -2.43. The van der Waals surface area contributed by atoms with E-state index in [1.165, 1.54) is 0 Å². The van der Waals surface area contributed by atoms with Crippen molar-refractivity contribution in [2.45, 2.75) is 38.3 Å². The van der Waals surface area contributed by atoms with Crippen molar-refractivity contribution < 1.29 is 9.90 Å². The van der Waals surface area contributed by atoms with Gasteiger partial charge in [0.2, 0.25) is 5.91 Å². The third kappa shape index (κ3) is 4.23. The van der Waals surface area contributed by atoms with Crippen molar-refractivity contribution in [3.8, 4) is 0 Å². The number of hydrogen-bond acceptors (Lipinski definition) is 4. The van der Waals surface area contributed by atoms with Gasteiger partial charge in [-0.1, -0.05) is 6.92 Å². The van der Waals surface area contributed by atoms with Gasteiger partial charge in [-0.2, -0.15) is 0 Å². The minimum absolute atomic E-state index is 0.00325. The van der Waals surface area contributed by atoms with E-state index >= 15 is 0 Å². The van der Waals surface area contributed by atoms with Crippen molar-refractivity contribution in [1.29, 1.82) is 0 Å². The molecule has 3 atom stereocenters. The molecule has 0 aliphatic carbocycles. The number of nitrogens with zero attached hydrogens (tertiary/aromatic N) is 2. The van der Waals surface area contributed by atoms with E-state index in [0.717, 1.165) is 19.4 Å². The quantitative estimate of drug-likeness (QED) is 0.696. The molecule has 1 heterocycles. The summed E-state index contributed by atoms with van der Waals surface area (Å²) < 4.78 is 0. The molecule has 0 aromatic carbocycles. The van der Waals surface area contributed by atoms with Gasteiger partial charge in [0.15, 0.2) is 0 Å². The van der Waals surface area contributed by atoms with Crippen molar-refractivity contribution in [2.75, 3.05) is 33.7 Å². The summed E-state index contributed by atoms with van der Waals surface area (Å²) in [6.07, 6.45) is 2.02. The average Bonchev–Trinajstić information content (AvgIpc) is 2.65. The van der Waals surface area contributed by atoms with E-state index in [1.807, 2.05) is 25.9 Å². The number of nitrogens with two attached hydrogens (primary N) is 1. The van der Waals surface area contributed by atoms with E-state index in [1.54, 1.807) is 0 Å². The van der Waals surface area contributed by atoms with Crippen molar-refractivity contribution >= 4 is 5.91 Å². The van der Waals surface area contributed by atoms with Gasteiger partial charge in [0.25, 0.3) is 0 Å². The standard InChI is InChI=1S/C13H27N3O2/c1-10(5-4-6-14)13(18)16-9-12(17)7-11(16)8-15(2)3/h10-12,17H,4-9,14H2,1-3H3. The van der Waals surface area contributed by atoms with Crippen molar-refractivity contribution in [3.63, 3.8) is 0 Å². The topological polar surface area (TPSA) is 69.8 Å². The van der Waals surface area contributed by atoms with E-state index in [2.05, 4.69) is 4.90 Å². The molecule has 0 radical (unpaired) electrons. The average molecular weight is 257 g/mol. The third-order valence-electron chi connectivity index (χ3n) is 3.51. The molecule has 0 aromatic rings. The Kier molecular flexibility index (Phi) is 6.05. The number of carbonyl (C=O) groups excluding carboxylic acids is 1. The summed E-state index contributed by atoms with van der Waals surface area (Å²) in [5, 5.41) is 9.76. The van der Waals surface area contributed by atoms with E-state index in [9.17, 15) is 9.90 Å². The highest BCUT2D eigenvalue weighted by Gasteiger charge is 2.35. The molecule has 1 fully saturated rings. The fourth-order valence-corrected chi connectivity index (χ4v) is 2.59. The number of likely N-dealkylation sites (N-methyl/N-ethyl adjacent to an activating group) is 1. The molecule has 0 saturated carbocycles. The zero-order valence-electron chi connectivity index (χ0n) is 11.8. The molecule has 106 valence electrons. The second-order valence-electron chi connectivity index (χ2n) is 5.63. The van der Waals surface area contributed by atoms with Crippen LogP contribution in [0.4, 0.5) is 0 Å². The van der Waals surface area contributed by atoms with E-state index in [0.29, 0.717) is 19.5 Å². The fourth-order valence-electron chi connectivity index (χ4n) is 2.59. The number of rotatable bonds is 6. The Morgan fingerprint density at radius 3 is 2.78 bits per heavy atom. The summed E-state index contributed by atoms with van der Waals surface area (Å²) in [7, 11) is 3.98. The molecule has 1 rings (SSSR count). The molecule has 5 nitrogen and oxygen atoms in total. The molecular weight excluding hydrogens is 230 g/mol. The minimum Gasteiger partial charge on any atom is -0.391 e. The Bertz CT molecular complexity index is 271. The highest BCUT2D eigenvalue weighted by Crippen LogP contribution is 2.22. The number of aliphatic hydroxyl groups is 1. The Morgan fingerprint density at radius 1 is 1.56 bits per heavy atom. The van der Waals surface area contributed by atoms with Crippen molar-refractivity contribution in [3.05, 3.63) is 0 Å². The van der Waals surface area contributed by atoms with Crippen LogP contribution in [0.2, 0.25) is 0 Å². The summed E-state index contributed by atoms with van der Waals surface area (Å²) in [6.45, 7) is 3.87. The van der Waals surface area contributed by atoms with Gasteiger partial charge in [0.05, 0.1) is 6.10 Å². The van der Waals surface area contributed by atoms with Crippen molar-refractivity contribution in [2.24, 2.45) is 11.7 Å². The van der Waals surface area contributed by atoms with Gasteiger partial charge in [-0.15, -0.1) is 0 Å². The number of β-amino-alcohol motifs (C(OH)–C–C–N with tert-alkyl or cyclic N) is 1. The Hall–Kier alpha value is -0.650. The van der Waals surface area contributed by atoms with Gasteiger partial charge in [0.1, 0.15) is 0 Å². The molecule has 1 amide bonds. The predicted molar refractivity (Wildman–Crippen MR) is 72.1 cm³/mol. The first-order valence-electron chi connectivity index (χ1n) is 6.79. The van der Waals surface area contributed by atoms with Crippen molar-refractivity contribution in [1.82, 2.24) is 9.80 Å². The van der Waals surface area contributed by atoms with Crippen LogP contribution in [-0.2, 0) is 4.79 Å². The van der Waals surface area contributed by atoms with Gasteiger partial charge in [0, 0.05) is 25.0 Å². The molecule has 1 aliphatic rings. The van der Waals surface area contributed by atoms with Crippen LogP contribution in [-0.4, -0.2) is 66.7 Å². The second-order valence-corrected chi connectivity index (χ2v) is 5.63. The van der Waals surface area contributed by atoms with Crippen LogP contribution in [0.1, 0.15) is 26.2 Å². The smallest absolute Gasteiger partial charge is 0.225 e. The molecule has 3 N–H and O–H groups in total. The van der Waals surface area contributed by atoms with Crippen LogP contribution in [0.5, 0.6) is 0 Å². The monoisotopic (exact) mass is 257 g/mol. The first-order chi connectivity index (χ1) is 8.45. The van der Waals surface area contributed by atoms with Gasteiger partial charge in [-0.3, -0.25) is 4.79 Å². The molecular formula is C13H27N3O2. The normalized spacial score (nSPS) is 25.8. The maximum atomic E-state index is 12.3. The molecule has 3 unspecified atom stereocenters. The minimum atomic E-state index is -0.374. The summed E-state index contributed by atoms with van der Waals surface area (Å²) in [5.41, 5.74) is 5.47. The maximum Gasteiger partial charge on any atom is 0.225 e. The van der Waals surface area contributed by atoms with E-state index in [4.69, 9.17) is 5.73 Å². The lowest BCUT2D eigenvalue weighted by atomic mass is 10.0. The van der Waals surface area contributed by atoms with E-state index in [-0.39, 0.29) is 24.0 Å². The molecule has 0 aromatic heterocycles. The van der Waals surface area contributed by atoms with Gasteiger partial charge in [-0.05, 0) is 39.9 Å². The van der Waals surface area contributed by atoms with Crippen LogP contribution < -0.4 is 5.73 Å². The number of hydrogen-bond donors (Lipinski definition) is 2. The number of aliphatic hydroxyl groups excluding tert-OH is 1. The highest BCUT2D eigenvalue weighted by molar-refractivity contribution is 5.79. The van der Waals surface area contributed by atoms with Gasteiger partial charge >= 0.3 is 0 Å². The second kappa shape index (κ2) is 7.07. The van der Waals surface area contributed by atoms with E-state index < -0.39 is 0 Å².